The zero-order valence-corrected chi connectivity index (χ0v) is 19.2. The Hall–Kier alpha value is -3.02. The summed E-state index contributed by atoms with van der Waals surface area (Å²) in [7, 11) is 0. The van der Waals surface area contributed by atoms with Crippen LogP contribution < -0.4 is 10.2 Å². The lowest BCUT2D eigenvalue weighted by Gasteiger charge is -2.22. The molecule has 0 fully saturated rings. The molecule has 0 saturated carbocycles. The molecule has 2 aromatic rings. The van der Waals surface area contributed by atoms with Gasteiger partial charge < -0.3 is 15.0 Å². The zero-order valence-electron chi connectivity index (χ0n) is 17.6. The average molecular weight is 474 g/mol. The molecular formula is C23H24ClN3O4S. The number of amides is 2. The van der Waals surface area contributed by atoms with Gasteiger partial charge in [-0.1, -0.05) is 29.8 Å². The van der Waals surface area contributed by atoms with Gasteiger partial charge in [-0.05, 0) is 54.8 Å². The van der Waals surface area contributed by atoms with E-state index in [9.17, 15) is 14.4 Å². The van der Waals surface area contributed by atoms with E-state index in [1.165, 1.54) is 16.7 Å². The molecule has 2 rings (SSSR count). The second-order valence-corrected chi connectivity index (χ2v) is 8.13. The number of hydrogen-bond donors (Lipinski definition) is 1. The number of thioether (sulfide) groups is 1. The summed E-state index contributed by atoms with van der Waals surface area (Å²) in [4.78, 5) is 39.3. The molecule has 0 aliphatic rings. The van der Waals surface area contributed by atoms with E-state index in [2.05, 4.69) is 5.32 Å². The fourth-order valence-electron chi connectivity index (χ4n) is 2.81. The minimum atomic E-state index is -0.900. The van der Waals surface area contributed by atoms with E-state index in [4.69, 9.17) is 21.6 Å². The molecule has 0 heterocycles. The molecule has 0 aliphatic carbocycles. The number of benzene rings is 2. The minimum Gasteiger partial charge on any atom is -0.454 e. The lowest BCUT2D eigenvalue weighted by Crippen LogP contribution is -2.44. The number of ether oxygens (including phenoxy) is 1. The molecule has 0 aliphatic heterocycles. The molecule has 0 aromatic heterocycles. The number of para-hydroxylation sites is 1. The standard InChI is InChI=1S/C23H24ClN3O4S/c1-32-15-12-20(26-22(29)17-8-10-18(24)11-9-17)23(30)31-16-21(28)27(14-5-13-25)19-6-3-2-4-7-19/h2-4,6-11,20H,5,12,14-16H2,1H3,(H,26,29). The summed E-state index contributed by atoms with van der Waals surface area (Å²) in [6.07, 6.45) is 2.38. The van der Waals surface area contributed by atoms with Crippen molar-refractivity contribution in [2.75, 3.05) is 30.1 Å². The number of carbonyl (C=O) groups excluding carboxylic acids is 3. The van der Waals surface area contributed by atoms with E-state index in [1.807, 2.05) is 18.4 Å². The Bertz CT molecular complexity index is 948. The Morgan fingerprint density at radius 3 is 2.47 bits per heavy atom. The van der Waals surface area contributed by atoms with Crippen LogP contribution in [0.1, 0.15) is 23.2 Å². The molecule has 168 valence electrons. The molecule has 0 radical (unpaired) electrons. The Morgan fingerprint density at radius 1 is 1.16 bits per heavy atom. The average Bonchev–Trinajstić information content (AvgIpc) is 2.81. The first-order valence-electron chi connectivity index (χ1n) is 9.90. The number of hydrogen-bond acceptors (Lipinski definition) is 6. The molecule has 1 N–H and O–H groups in total. The smallest absolute Gasteiger partial charge is 0.329 e. The first kappa shape index (κ1) is 25.2. The molecule has 1 unspecified atom stereocenters. The highest BCUT2D eigenvalue weighted by atomic mass is 35.5. The van der Waals surface area contributed by atoms with Crippen LogP contribution in [-0.2, 0) is 14.3 Å². The van der Waals surface area contributed by atoms with Crippen molar-refractivity contribution in [2.45, 2.75) is 18.9 Å². The number of nitrogens with zero attached hydrogens (tertiary/aromatic N) is 2. The lowest BCUT2D eigenvalue weighted by atomic mass is 10.1. The number of anilines is 1. The summed E-state index contributed by atoms with van der Waals surface area (Å²) in [5.74, 6) is -0.959. The van der Waals surface area contributed by atoms with Gasteiger partial charge in [0, 0.05) is 22.8 Å². The molecule has 7 nitrogen and oxygen atoms in total. The van der Waals surface area contributed by atoms with Gasteiger partial charge in [-0.25, -0.2) is 4.79 Å². The van der Waals surface area contributed by atoms with Crippen LogP contribution >= 0.6 is 23.4 Å². The van der Waals surface area contributed by atoms with Gasteiger partial charge in [0.25, 0.3) is 11.8 Å². The molecule has 32 heavy (non-hydrogen) atoms. The lowest BCUT2D eigenvalue weighted by molar-refractivity contribution is -0.149. The van der Waals surface area contributed by atoms with Gasteiger partial charge in [0.05, 0.1) is 12.5 Å². The first-order chi connectivity index (χ1) is 15.5. The Balaban J connectivity index is 2.02. The third-order valence-electron chi connectivity index (χ3n) is 4.46. The molecule has 1 atom stereocenters. The van der Waals surface area contributed by atoms with Crippen molar-refractivity contribution in [2.24, 2.45) is 0 Å². The van der Waals surface area contributed by atoms with Gasteiger partial charge in [0.15, 0.2) is 6.61 Å². The third-order valence-corrected chi connectivity index (χ3v) is 5.36. The summed E-state index contributed by atoms with van der Waals surface area (Å²) in [6.45, 7) is -0.314. The number of esters is 1. The van der Waals surface area contributed by atoms with Crippen LogP contribution in [0.3, 0.4) is 0 Å². The van der Waals surface area contributed by atoms with Crippen molar-refractivity contribution in [1.82, 2.24) is 5.32 Å². The predicted molar refractivity (Wildman–Crippen MR) is 126 cm³/mol. The van der Waals surface area contributed by atoms with E-state index in [-0.39, 0.29) is 13.0 Å². The van der Waals surface area contributed by atoms with Crippen molar-refractivity contribution in [1.29, 1.82) is 5.26 Å². The maximum Gasteiger partial charge on any atom is 0.329 e. The highest BCUT2D eigenvalue weighted by Gasteiger charge is 2.25. The molecule has 9 heteroatoms. The van der Waals surface area contributed by atoms with E-state index in [1.54, 1.807) is 48.5 Å². The Morgan fingerprint density at radius 2 is 1.84 bits per heavy atom. The molecular weight excluding hydrogens is 450 g/mol. The molecule has 0 saturated heterocycles. The van der Waals surface area contributed by atoms with Crippen LogP contribution in [0.2, 0.25) is 5.02 Å². The number of halogens is 1. The number of nitriles is 1. The van der Waals surface area contributed by atoms with Crippen LogP contribution in [0.25, 0.3) is 0 Å². The van der Waals surface area contributed by atoms with E-state index in [0.717, 1.165) is 0 Å². The first-order valence-corrected chi connectivity index (χ1v) is 11.7. The highest BCUT2D eigenvalue weighted by Crippen LogP contribution is 2.15. The Kier molecular flexibility index (Phi) is 10.6. The summed E-state index contributed by atoms with van der Waals surface area (Å²) >= 11 is 7.38. The van der Waals surface area contributed by atoms with Gasteiger partial charge >= 0.3 is 5.97 Å². The van der Waals surface area contributed by atoms with Crippen molar-refractivity contribution < 1.29 is 19.1 Å². The topological polar surface area (TPSA) is 99.5 Å². The van der Waals surface area contributed by atoms with Crippen molar-refractivity contribution in [3.63, 3.8) is 0 Å². The molecule has 2 amide bonds. The van der Waals surface area contributed by atoms with Gasteiger partial charge in [-0.3, -0.25) is 9.59 Å². The fraction of sp³-hybridized carbons (Fsp3) is 0.304. The Labute approximate surface area is 196 Å². The normalized spacial score (nSPS) is 11.2. The second kappa shape index (κ2) is 13.4. The number of carbonyl (C=O) groups is 3. The van der Waals surface area contributed by atoms with E-state index in [0.29, 0.717) is 28.4 Å². The highest BCUT2D eigenvalue weighted by molar-refractivity contribution is 7.98. The van der Waals surface area contributed by atoms with E-state index >= 15 is 0 Å². The molecule has 0 spiro atoms. The van der Waals surface area contributed by atoms with Crippen LogP contribution in [0, 0.1) is 11.3 Å². The van der Waals surface area contributed by atoms with Gasteiger partial charge in [0.2, 0.25) is 0 Å². The number of rotatable bonds is 11. The quantitative estimate of drug-likeness (QED) is 0.500. The van der Waals surface area contributed by atoms with Gasteiger partial charge in [-0.2, -0.15) is 17.0 Å². The summed E-state index contributed by atoms with van der Waals surface area (Å²) in [6, 6.07) is 16.3. The van der Waals surface area contributed by atoms with Crippen molar-refractivity contribution >= 4 is 46.8 Å². The second-order valence-electron chi connectivity index (χ2n) is 6.71. The monoisotopic (exact) mass is 473 g/mol. The summed E-state index contributed by atoms with van der Waals surface area (Å²) < 4.78 is 5.24. The number of nitrogens with one attached hydrogen (secondary N) is 1. The summed E-state index contributed by atoms with van der Waals surface area (Å²) in [5.41, 5.74) is 0.970. The van der Waals surface area contributed by atoms with Crippen LogP contribution in [0.15, 0.2) is 54.6 Å². The van der Waals surface area contributed by atoms with Crippen LogP contribution in [0.5, 0.6) is 0 Å². The van der Waals surface area contributed by atoms with Crippen LogP contribution in [0.4, 0.5) is 5.69 Å². The SMILES string of the molecule is CSCCC(NC(=O)c1ccc(Cl)cc1)C(=O)OCC(=O)N(CCC#N)c1ccccc1. The van der Waals surface area contributed by atoms with Crippen molar-refractivity contribution in [3.8, 4) is 6.07 Å². The zero-order chi connectivity index (χ0) is 23.3. The fourth-order valence-corrected chi connectivity index (χ4v) is 3.40. The molecule has 0 bridgehead atoms. The van der Waals surface area contributed by atoms with Gasteiger partial charge in [0.1, 0.15) is 6.04 Å². The van der Waals surface area contributed by atoms with Crippen LogP contribution in [-0.4, -0.2) is 49.0 Å². The summed E-state index contributed by atoms with van der Waals surface area (Å²) in [5, 5.41) is 12.1. The largest absolute Gasteiger partial charge is 0.454 e. The van der Waals surface area contributed by atoms with Gasteiger partial charge in [-0.15, -0.1) is 0 Å². The van der Waals surface area contributed by atoms with E-state index < -0.39 is 30.4 Å². The minimum absolute atomic E-state index is 0.141. The maximum absolute atomic E-state index is 12.7. The predicted octanol–water partition coefficient (Wildman–Crippen LogP) is 3.68. The third kappa shape index (κ3) is 7.91. The maximum atomic E-state index is 12.7. The molecule has 2 aromatic carbocycles. The van der Waals surface area contributed by atoms with Crippen molar-refractivity contribution in [3.05, 3.63) is 65.2 Å².